The van der Waals surface area contributed by atoms with E-state index in [-0.39, 0.29) is 12.0 Å². The van der Waals surface area contributed by atoms with Gasteiger partial charge in [-0.2, -0.15) is 0 Å². The molecule has 0 aliphatic rings. The van der Waals surface area contributed by atoms with Crippen molar-refractivity contribution < 1.29 is 42.0 Å². The fourth-order valence-corrected chi connectivity index (χ4v) is 2.54. The van der Waals surface area contributed by atoms with Gasteiger partial charge in [0.2, 0.25) is 0 Å². The highest BCUT2D eigenvalue weighted by atomic mass is 19.1. The molecule has 160 valence electrons. The standard InChI is InChI=1S/C20H17F4NO5/c1-4-9(5-10-12(21)6-14(26)18(29-2)16(10)23)20(28)25-8-11-13(22)7-15(27)19(30-3)17(11)24/h5-8,26-27H,4H2,1-3H3/b9-5+,25-8+. The Labute approximate surface area is 168 Å². The first-order valence-corrected chi connectivity index (χ1v) is 8.45. The lowest BCUT2D eigenvalue weighted by atomic mass is 10.1. The Bertz CT molecular complexity index is 1050. The number of aliphatic imine (C=N–C) groups is 1. The van der Waals surface area contributed by atoms with Crippen LogP contribution in [0.1, 0.15) is 24.5 Å². The maximum absolute atomic E-state index is 14.4. The molecule has 2 aromatic carbocycles. The van der Waals surface area contributed by atoms with Gasteiger partial charge in [0.1, 0.15) is 11.6 Å². The van der Waals surface area contributed by atoms with Crippen molar-refractivity contribution in [2.45, 2.75) is 13.3 Å². The Kier molecular flexibility index (Phi) is 7.04. The van der Waals surface area contributed by atoms with Gasteiger partial charge >= 0.3 is 0 Å². The molecule has 2 rings (SSSR count). The van der Waals surface area contributed by atoms with Crippen LogP contribution in [0.25, 0.3) is 6.08 Å². The molecule has 30 heavy (non-hydrogen) atoms. The van der Waals surface area contributed by atoms with Crippen LogP contribution in [-0.4, -0.2) is 36.6 Å². The van der Waals surface area contributed by atoms with E-state index in [1.807, 2.05) is 0 Å². The molecule has 0 aliphatic heterocycles. The molecule has 0 saturated carbocycles. The van der Waals surface area contributed by atoms with Crippen LogP contribution >= 0.6 is 0 Å². The largest absolute Gasteiger partial charge is 0.504 e. The summed E-state index contributed by atoms with van der Waals surface area (Å²) in [6, 6.07) is 1.19. The van der Waals surface area contributed by atoms with Gasteiger partial charge in [-0.15, -0.1) is 0 Å². The van der Waals surface area contributed by atoms with Crippen LogP contribution in [0.3, 0.4) is 0 Å². The van der Waals surface area contributed by atoms with Crippen LogP contribution in [0.5, 0.6) is 23.0 Å². The highest BCUT2D eigenvalue weighted by Crippen LogP contribution is 2.35. The van der Waals surface area contributed by atoms with E-state index in [2.05, 4.69) is 14.5 Å². The molecule has 0 heterocycles. The zero-order valence-corrected chi connectivity index (χ0v) is 16.1. The zero-order valence-electron chi connectivity index (χ0n) is 16.1. The van der Waals surface area contributed by atoms with Crippen LogP contribution in [0, 0.1) is 23.3 Å². The molecule has 0 bridgehead atoms. The van der Waals surface area contributed by atoms with Crippen molar-refractivity contribution in [3.8, 4) is 23.0 Å². The molecular formula is C20H17F4NO5. The van der Waals surface area contributed by atoms with E-state index in [1.54, 1.807) is 0 Å². The van der Waals surface area contributed by atoms with Crippen molar-refractivity contribution >= 4 is 18.2 Å². The lowest BCUT2D eigenvalue weighted by Crippen LogP contribution is -2.04. The molecule has 0 atom stereocenters. The Morgan fingerprint density at radius 3 is 1.90 bits per heavy atom. The highest BCUT2D eigenvalue weighted by Gasteiger charge is 2.21. The van der Waals surface area contributed by atoms with Crippen LogP contribution in [-0.2, 0) is 4.79 Å². The summed E-state index contributed by atoms with van der Waals surface area (Å²) in [5, 5.41) is 19.0. The molecule has 2 aromatic rings. The van der Waals surface area contributed by atoms with E-state index in [0.29, 0.717) is 18.3 Å². The number of benzene rings is 2. The first-order chi connectivity index (χ1) is 14.2. The summed E-state index contributed by atoms with van der Waals surface area (Å²) in [5.74, 6) is -8.71. The third-order valence-electron chi connectivity index (χ3n) is 4.07. The van der Waals surface area contributed by atoms with Gasteiger partial charge in [0.05, 0.1) is 25.3 Å². The third kappa shape index (κ3) is 4.37. The maximum atomic E-state index is 14.4. The predicted molar refractivity (Wildman–Crippen MR) is 100 cm³/mol. The van der Waals surface area contributed by atoms with E-state index < -0.39 is 63.3 Å². The van der Waals surface area contributed by atoms with Crippen molar-refractivity contribution in [2.24, 2.45) is 4.99 Å². The van der Waals surface area contributed by atoms with Crippen molar-refractivity contribution in [3.05, 3.63) is 52.1 Å². The van der Waals surface area contributed by atoms with Gasteiger partial charge in [0, 0.05) is 23.9 Å². The Hall–Kier alpha value is -3.56. The van der Waals surface area contributed by atoms with Gasteiger partial charge in [0.15, 0.2) is 34.6 Å². The SMILES string of the molecule is CC/C(=C\c1c(F)cc(O)c(OC)c1F)C(=O)/N=C/c1c(F)cc(O)c(OC)c1F. The number of halogens is 4. The number of nitrogens with zero attached hydrogens (tertiary/aromatic N) is 1. The number of hydrogen-bond donors (Lipinski definition) is 2. The van der Waals surface area contributed by atoms with Gasteiger partial charge < -0.3 is 19.7 Å². The fraction of sp³-hybridized carbons (Fsp3) is 0.200. The molecule has 0 unspecified atom stereocenters. The van der Waals surface area contributed by atoms with Gasteiger partial charge in [-0.05, 0) is 12.5 Å². The quantitative estimate of drug-likeness (QED) is 0.412. The summed E-state index contributed by atoms with van der Waals surface area (Å²) < 4.78 is 65.9. The molecule has 0 spiro atoms. The Balaban J connectivity index is 2.46. The normalized spacial score (nSPS) is 11.8. The number of hydrogen-bond acceptors (Lipinski definition) is 5. The molecule has 10 heteroatoms. The average molecular weight is 427 g/mol. The molecule has 2 N–H and O–H groups in total. The van der Waals surface area contributed by atoms with Crippen LogP contribution < -0.4 is 9.47 Å². The minimum atomic E-state index is -1.28. The number of carbonyl (C=O) groups excluding carboxylic acids is 1. The number of aromatic hydroxyl groups is 2. The molecular weight excluding hydrogens is 410 g/mol. The van der Waals surface area contributed by atoms with E-state index in [1.165, 1.54) is 6.92 Å². The minimum Gasteiger partial charge on any atom is -0.504 e. The molecule has 0 aliphatic carbocycles. The average Bonchev–Trinajstić information content (AvgIpc) is 2.67. The molecule has 0 aromatic heterocycles. The number of ether oxygens (including phenoxy) is 2. The smallest absolute Gasteiger partial charge is 0.272 e. The molecule has 0 radical (unpaired) electrons. The van der Waals surface area contributed by atoms with E-state index in [9.17, 15) is 32.6 Å². The number of methoxy groups -OCH3 is 2. The van der Waals surface area contributed by atoms with Crippen LogP contribution in [0.2, 0.25) is 0 Å². The van der Waals surface area contributed by atoms with Gasteiger partial charge in [-0.3, -0.25) is 4.79 Å². The number of carbonyl (C=O) groups is 1. The summed E-state index contributed by atoms with van der Waals surface area (Å²) in [6.45, 7) is 1.50. The lowest BCUT2D eigenvalue weighted by molar-refractivity contribution is -0.114. The summed E-state index contributed by atoms with van der Waals surface area (Å²) in [6.07, 6.45) is 1.40. The monoisotopic (exact) mass is 427 g/mol. The van der Waals surface area contributed by atoms with Gasteiger partial charge in [-0.1, -0.05) is 6.92 Å². The minimum absolute atomic E-state index is 0.0257. The second kappa shape index (κ2) is 9.29. The molecule has 0 fully saturated rings. The van der Waals surface area contributed by atoms with Crippen molar-refractivity contribution in [3.63, 3.8) is 0 Å². The maximum Gasteiger partial charge on any atom is 0.272 e. The van der Waals surface area contributed by atoms with Crippen LogP contribution in [0.15, 0.2) is 22.7 Å². The molecule has 6 nitrogen and oxygen atoms in total. The summed E-state index contributed by atoms with van der Waals surface area (Å²) in [5.41, 5.74) is -1.60. The summed E-state index contributed by atoms with van der Waals surface area (Å²) in [7, 11) is 2.11. The highest BCUT2D eigenvalue weighted by molar-refractivity contribution is 6.04. The Morgan fingerprint density at radius 2 is 1.43 bits per heavy atom. The first-order valence-electron chi connectivity index (χ1n) is 8.45. The van der Waals surface area contributed by atoms with Crippen molar-refractivity contribution in [1.29, 1.82) is 0 Å². The van der Waals surface area contributed by atoms with E-state index in [4.69, 9.17) is 0 Å². The summed E-state index contributed by atoms with van der Waals surface area (Å²) >= 11 is 0. The van der Waals surface area contributed by atoms with E-state index in [0.717, 1.165) is 20.3 Å². The molecule has 1 amide bonds. The zero-order chi connectivity index (χ0) is 22.6. The summed E-state index contributed by atoms with van der Waals surface area (Å²) in [4.78, 5) is 15.8. The Morgan fingerprint density at radius 1 is 0.967 bits per heavy atom. The number of rotatable bonds is 6. The van der Waals surface area contributed by atoms with Gasteiger partial charge in [-0.25, -0.2) is 22.6 Å². The van der Waals surface area contributed by atoms with Gasteiger partial charge in [0.25, 0.3) is 5.91 Å². The third-order valence-corrected chi connectivity index (χ3v) is 4.07. The fourth-order valence-electron chi connectivity index (χ4n) is 2.54. The lowest BCUT2D eigenvalue weighted by Gasteiger charge is -2.09. The van der Waals surface area contributed by atoms with Crippen LogP contribution in [0.4, 0.5) is 17.6 Å². The number of amides is 1. The van der Waals surface area contributed by atoms with Crippen molar-refractivity contribution in [1.82, 2.24) is 0 Å². The number of phenols is 2. The second-order valence-electron chi connectivity index (χ2n) is 5.86. The molecule has 0 saturated heterocycles. The second-order valence-corrected chi connectivity index (χ2v) is 5.86. The first kappa shape index (κ1) is 22.7. The topological polar surface area (TPSA) is 88.4 Å². The van der Waals surface area contributed by atoms with E-state index >= 15 is 0 Å². The van der Waals surface area contributed by atoms with Crippen molar-refractivity contribution in [2.75, 3.05) is 14.2 Å². The number of phenolic OH excluding ortho intramolecular Hbond substituents is 2. The predicted octanol–water partition coefficient (Wildman–Crippen LogP) is 4.11.